The zero-order valence-electron chi connectivity index (χ0n) is 10.8. The van der Waals surface area contributed by atoms with Gasteiger partial charge in [-0.1, -0.05) is 0 Å². The summed E-state index contributed by atoms with van der Waals surface area (Å²) in [5.74, 6) is -0.308. The van der Waals surface area contributed by atoms with Gasteiger partial charge in [0.15, 0.2) is 5.69 Å². The van der Waals surface area contributed by atoms with Gasteiger partial charge in [0.25, 0.3) is 0 Å². The normalized spacial score (nSPS) is 15.5. The van der Waals surface area contributed by atoms with Crippen molar-refractivity contribution >= 4 is 5.97 Å². The predicted octanol–water partition coefficient (Wildman–Crippen LogP) is 1.07. The van der Waals surface area contributed by atoms with Gasteiger partial charge in [0, 0.05) is 25.1 Å². The molecule has 0 radical (unpaired) electrons. The van der Waals surface area contributed by atoms with Gasteiger partial charge in [-0.3, -0.25) is 4.68 Å². The maximum Gasteiger partial charge on any atom is 0.356 e. The minimum Gasteiger partial charge on any atom is -0.464 e. The van der Waals surface area contributed by atoms with Crippen molar-refractivity contribution in [3.8, 4) is 0 Å². The highest BCUT2D eigenvalue weighted by Gasteiger charge is 2.30. The summed E-state index contributed by atoms with van der Waals surface area (Å²) in [4.78, 5) is 11.9. The minimum absolute atomic E-state index is 0.221. The first-order valence-electron chi connectivity index (χ1n) is 5.85. The maximum atomic E-state index is 11.9. The Labute approximate surface area is 101 Å². The molecule has 0 amide bonds. The van der Waals surface area contributed by atoms with Crippen LogP contribution in [-0.4, -0.2) is 29.4 Å². The molecule has 1 aromatic rings. The highest BCUT2D eigenvalue weighted by molar-refractivity contribution is 5.89. The molecule has 1 aromatic heterocycles. The molecule has 1 aliphatic heterocycles. The number of methoxy groups -OCH3 is 1. The van der Waals surface area contributed by atoms with Crippen molar-refractivity contribution in [2.45, 2.75) is 39.3 Å². The van der Waals surface area contributed by atoms with E-state index in [2.05, 4.69) is 10.4 Å². The molecule has 94 valence electrons. The molecule has 2 heterocycles. The summed E-state index contributed by atoms with van der Waals surface area (Å²) >= 11 is 0. The Kier molecular flexibility index (Phi) is 2.95. The van der Waals surface area contributed by atoms with Crippen LogP contribution in [0.25, 0.3) is 0 Å². The van der Waals surface area contributed by atoms with Gasteiger partial charge >= 0.3 is 5.97 Å². The topological polar surface area (TPSA) is 56.1 Å². The first-order chi connectivity index (χ1) is 7.95. The maximum absolute atomic E-state index is 11.9. The first-order valence-corrected chi connectivity index (χ1v) is 5.85. The van der Waals surface area contributed by atoms with Crippen LogP contribution in [0.4, 0.5) is 0 Å². The lowest BCUT2D eigenvalue weighted by atomic mass is 10.1. The molecule has 0 saturated carbocycles. The highest BCUT2D eigenvalue weighted by Crippen LogP contribution is 2.24. The number of hydrogen-bond donors (Lipinski definition) is 1. The molecule has 0 aliphatic carbocycles. The van der Waals surface area contributed by atoms with Crippen molar-refractivity contribution in [1.82, 2.24) is 15.1 Å². The van der Waals surface area contributed by atoms with Gasteiger partial charge in [-0.25, -0.2) is 4.79 Å². The average Bonchev–Trinajstić information content (AvgIpc) is 2.67. The summed E-state index contributed by atoms with van der Waals surface area (Å²) in [5.41, 5.74) is 2.36. The van der Waals surface area contributed by atoms with E-state index in [0.717, 1.165) is 24.2 Å². The summed E-state index contributed by atoms with van der Waals surface area (Å²) < 4.78 is 6.66. The van der Waals surface area contributed by atoms with Crippen LogP contribution in [0.1, 0.15) is 42.5 Å². The van der Waals surface area contributed by atoms with Crippen LogP contribution >= 0.6 is 0 Å². The highest BCUT2D eigenvalue weighted by atomic mass is 16.5. The second-order valence-corrected chi connectivity index (χ2v) is 5.27. The van der Waals surface area contributed by atoms with Gasteiger partial charge in [0.05, 0.1) is 18.3 Å². The van der Waals surface area contributed by atoms with Crippen molar-refractivity contribution in [2.75, 3.05) is 13.7 Å². The van der Waals surface area contributed by atoms with E-state index < -0.39 is 0 Å². The quantitative estimate of drug-likeness (QED) is 0.742. The Morgan fingerprint density at radius 3 is 2.76 bits per heavy atom. The molecule has 5 heteroatoms. The van der Waals surface area contributed by atoms with Gasteiger partial charge in [-0.05, 0) is 20.8 Å². The standard InChI is InChI=1S/C12H19N3O2/c1-12(2,3)15-10(11(16)17-4)8-7-13-6-5-9(8)14-15/h13H,5-7H2,1-4H3. The summed E-state index contributed by atoms with van der Waals surface area (Å²) in [7, 11) is 1.41. The summed E-state index contributed by atoms with van der Waals surface area (Å²) in [6.07, 6.45) is 0.863. The Morgan fingerprint density at radius 1 is 1.47 bits per heavy atom. The SMILES string of the molecule is COC(=O)c1c2c(nn1C(C)(C)C)CCNC2. The second kappa shape index (κ2) is 4.14. The van der Waals surface area contributed by atoms with E-state index in [9.17, 15) is 4.79 Å². The number of carbonyl (C=O) groups excluding carboxylic acids is 1. The number of hydrogen-bond acceptors (Lipinski definition) is 4. The van der Waals surface area contributed by atoms with Crippen molar-refractivity contribution in [2.24, 2.45) is 0 Å². The third-order valence-electron chi connectivity index (χ3n) is 2.92. The summed E-state index contributed by atoms with van der Waals surface area (Å²) in [6, 6.07) is 0. The monoisotopic (exact) mass is 237 g/mol. The van der Waals surface area contributed by atoms with E-state index >= 15 is 0 Å². The number of aromatic nitrogens is 2. The molecule has 17 heavy (non-hydrogen) atoms. The lowest BCUT2D eigenvalue weighted by molar-refractivity contribution is 0.0576. The Morgan fingerprint density at radius 2 is 2.18 bits per heavy atom. The number of nitrogens with zero attached hydrogens (tertiary/aromatic N) is 2. The molecule has 2 rings (SSSR count). The van der Waals surface area contributed by atoms with E-state index in [1.807, 2.05) is 20.8 Å². The molecule has 0 saturated heterocycles. The third kappa shape index (κ3) is 2.07. The minimum atomic E-state index is -0.308. The predicted molar refractivity (Wildman–Crippen MR) is 64.0 cm³/mol. The van der Waals surface area contributed by atoms with Crippen LogP contribution in [0, 0.1) is 0 Å². The molecule has 0 bridgehead atoms. The van der Waals surface area contributed by atoms with Crippen LogP contribution in [0.15, 0.2) is 0 Å². The first kappa shape index (κ1) is 12.1. The molecule has 0 fully saturated rings. The number of fused-ring (bicyclic) bond motifs is 1. The molecule has 1 aliphatic rings. The number of carbonyl (C=O) groups is 1. The van der Waals surface area contributed by atoms with Gasteiger partial charge in [-0.15, -0.1) is 0 Å². The van der Waals surface area contributed by atoms with E-state index in [0.29, 0.717) is 12.2 Å². The lowest BCUT2D eigenvalue weighted by Crippen LogP contribution is -2.28. The number of esters is 1. The Bertz CT molecular complexity index is 443. The lowest BCUT2D eigenvalue weighted by Gasteiger charge is -2.21. The van der Waals surface area contributed by atoms with Crippen LogP contribution in [0.3, 0.4) is 0 Å². The van der Waals surface area contributed by atoms with Gasteiger partial charge in [0.1, 0.15) is 0 Å². The van der Waals surface area contributed by atoms with E-state index in [1.54, 1.807) is 4.68 Å². The smallest absolute Gasteiger partial charge is 0.356 e. The molecule has 0 spiro atoms. The molecule has 1 N–H and O–H groups in total. The molecular weight excluding hydrogens is 218 g/mol. The summed E-state index contributed by atoms with van der Waals surface area (Å²) in [5, 5.41) is 7.83. The summed E-state index contributed by atoms with van der Waals surface area (Å²) in [6.45, 7) is 7.70. The number of nitrogens with one attached hydrogen (secondary N) is 1. The molecule has 5 nitrogen and oxygen atoms in total. The Hall–Kier alpha value is -1.36. The Balaban J connectivity index is 2.59. The molecular formula is C12H19N3O2. The van der Waals surface area contributed by atoms with Crippen LogP contribution in [0.5, 0.6) is 0 Å². The van der Waals surface area contributed by atoms with Gasteiger partial charge in [-0.2, -0.15) is 5.10 Å². The van der Waals surface area contributed by atoms with Gasteiger partial charge in [0.2, 0.25) is 0 Å². The fourth-order valence-corrected chi connectivity index (χ4v) is 2.09. The second-order valence-electron chi connectivity index (χ2n) is 5.27. The van der Waals surface area contributed by atoms with E-state index in [1.165, 1.54) is 7.11 Å². The van der Waals surface area contributed by atoms with E-state index in [4.69, 9.17) is 4.74 Å². The number of ether oxygens (including phenoxy) is 1. The third-order valence-corrected chi connectivity index (χ3v) is 2.92. The van der Waals surface area contributed by atoms with Crippen molar-refractivity contribution in [3.63, 3.8) is 0 Å². The fourth-order valence-electron chi connectivity index (χ4n) is 2.09. The zero-order valence-corrected chi connectivity index (χ0v) is 10.8. The fraction of sp³-hybridized carbons (Fsp3) is 0.667. The van der Waals surface area contributed by atoms with E-state index in [-0.39, 0.29) is 11.5 Å². The van der Waals surface area contributed by atoms with Crippen LogP contribution in [0.2, 0.25) is 0 Å². The average molecular weight is 237 g/mol. The van der Waals surface area contributed by atoms with Crippen LogP contribution < -0.4 is 5.32 Å². The largest absolute Gasteiger partial charge is 0.464 e. The molecule has 0 unspecified atom stereocenters. The molecule has 0 atom stereocenters. The number of rotatable bonds is 1. The van der Waals surface area contributed by atoms with Crippen molar-refractivity contribution in [1.29, 1.82) is 0 Å². The van der Waals surface area contributed by atoms with Crippen molar-refractivity contribution < 1.29 is 9.53 Å². The van der Waals surface area contributed by atoms with Crippen LogP contribution in [-0.2, 0) is 23.2 Å². The molecule has 0 aromatic carbocycles. The van der Waals surface area contributed by atoms with Crippen molar-refractivity contribution in [3.05, 3.63) is 17.0 Å². The zero-order chi connectivity index (χ0) is 12.6. The van der Waals surface area contributed by atoms with Gasteiger partial charge < -0.3 is 10.1 Å².